The maximum absolute atomic E-state index is 13.2. The smallest absolute Gasteiger partial charge is 0.285 e. The predicted octanol–water partition coefficient (Wildman–Crippen LogP) is 5.42. The van der Waals surface area contributed by atoms with E-state index in [9.17, 15) is 4.79 Å². The van der Waals surface area contributed by atoms with E-state index in [4.69, 9.17) is 0 Å². The summed E-state index contributed by atoms with van der Waals surface area (Å²) in [5, 5.41) is 0. The van der Waals surface area contributed by atoms with Crippen molar-refractivity contribution in [3.63, 3.8) is 0 Å². The zero-order valence-corrected chi connectivity index (χ0v) is 18.7. The quantitative estimate of drug-likeness (QED) is 0.637. The van der Waals surface area contributed by atoms with Crippen LogP contribution in [0.15, 0.2) is 48.5 Å². The molecule has 4 rings (SSSR count). The molecule has 0 bridgehead atoms. The number of para-hydroxylation sites is 1. The first-order valence-electron chi connectivity index (χ1n) is 11.2. The van der Waals surface area contributed by atoms with Crippen molar-refractivity contribution in [2.45, 2.75) is 59.4 Å². The average Bonchev–Trinajstić information content (AvgIpc) is 3.11. The monoisotopic (exact) mass is 393 g/mol. The van der Waals surface area contributed by atoms with Gasteiger partial charge in [0.15, 0.2) is 6.04 Å². The number of quaternary nitrogens is 1. The molecule has 2 heterocycles. The van der Waals surface area contributed by atoms with Gasteiger partial charge in [0.05, 0.1) is 19.6 Å². The number of carbonyl (C=O) groups excluding carboxylic acids is 1. The molecule has 2 aromatic rings. The minimum absolute atomic E-state index is 0.185. The SMILES string of the molecule is CC[N+]1(C2CCN(c3c(C)cccc3C)C2=O)CCCCC1.Cc1ccccc1. The third-order valence-corrected chi connectivity index (χ3v) is 6.82. The van der Waals surface area contributed by atoms with Gasteiger partial charge in [-0.1, -0.05) is 54.1 Å². The Labute approximate surface area is 176 Å². The summed E-state index contributed by atoms with van der Waals surface area (Å²) in [5.74, 6) is 0.362. The maximum atomic E-state index is 13.2. The van der Waals surface area contributed by atoms with Crippen LogP contribution in [0, 0.1) is 20.8 Å². The molecule has 0 radical (unpaired) electrons. The lowest BCUT2D eigenvalue weighted by Gasteiger charge is -2.44. The highest BCUT2D eigenvalue weighted by molar-refractivity contribution is 6.00. The number of aryl methyl sites for hydroxylation is 3. The van der Waals surface area contributed by atoms with Gasteiger partial charge >= 0.3 is 0 Å². The van der Waals surface area contributed by atoms with Gasteiger partial charge in [0, 0.05) is 18.7 Å². The molecule has 2 saturated heterocycles. The third-order valence-electron chi connectivity index (χ3n) is 6.82. The second kappa shape index (κ2) is 9.58. The molecule has 2 fully saturated rings. The highest BCUT2D eigenvalue weighted by Gasteiger charge is 2.47. The number of hydrogen-bond acceptors (Lipinski definition) is 1. The summed E-state index contributed by atoms with van der Waals surface area (Å²) in [6.45, 7) is 12.9. The van der Waals surface area contributed by atoms with Crippen molar-refractivity contribution >= 4 is 11.6 Å². The van der Waals surface area contributed by atoms with E-state index >= 15 is 0 Å². The Kier molecular flexibility index (Phi) is 7.13. The van der Waals surface area contributed by atoms with E-state index in [2.05, 4.69) is 62.9 Å². The minimum atomic E-state index is 0.185. The van der Waals surface area contributed by atoms with Crippen LogP contribution in [0.1, 0.15) is 49.3 Å². The number of benzene rings is 2. The van der Waals surface area contributed by atoms with Crippen LogP contribution in [-0.4, -0.2) is 42.6 Å². The number of likely N-dealkylation sites (N-methyl/N-ethyl adjacent to an activating group) is 1. The summed E-state index contributed by atoms with van der Waals surface area (Å²) >= 11 is 0. The zero-order chi connectivity index (χ0) is 20.9. The van der Waals surface area contributed by atoms with Crippen LogP contribution >= 0.6 is 0 Å². The highest BCUT2D eigenvalue weighted by atomic mass is 16.2. The molecule has 0 saturated carbocycles. The van der Waals surface area contributed by atoms with Crippen LogP contribution in [0.3, 0.4) is 0 Å². The fourth-order valence-corrected chi connectivity index (χ4v) is 5.15. The Morgan fingerprint density at radius 3 is 2.03 bits per heavy atom. The number of anilines is 1. The molecule has 3 heteroatoms. The van der Waals surface area contributed by atoms with Crippen LogP contribution < -0.4 is 4.90 Å². The van der Waals surface area contributed by atoms with E-state index in [0.29, 0.717) is 5.91 Å². The molecule has 156 valence electrons. The molecule has 3 nitrogen and oxygen atoms in total. The van der Waals surface area contributed by atoms with Gasteiger partial charge in [0.2, 0.25) is 0 Å². The lowest BCUT2D eigenvalue weighted by atomic mass is 10.0. The largest absolute Gasteiger partial charge is 0.314 e. The number of rotatable bonds is 3. The highest BCUT2D eigenvalue weighted by Crippen LogP contribution is 2.34. The molecule has 2 aliphatic rings. The van der Waals surface area contributed by atoms with Gasteiger partial charge in [-0.25, -0.2) is 0 Å². The standard InChI is InChI=1S/C19H29N2O.C7H8/c1-4-21(13-6-5-7-14-21)17-11-12-20(19(17)22)18-15(2)9-8-10-16(18)3;1-7-5-3-2-4-6-7/h8-10,17H,4-7,11-14H2,1-3H3;2-6H,1H3/q+1;. The van der Waals surface area contributed by atoms with E-state index < -0.39 is 0 Å². The first kappa shape index (κ1) is 21.6. The average molecular weight is 394 g/mol. The minimum Gasteiger partial charge on any atom is -0.314 e. The molecule has 29 heavy (non-hydrogen) atoms. The zero-order valence-electron chi connectivity index (χ0n) is 18.7. The van der Waals surface area contributed by atoms with Crippen LogP contribution in [0.4, 0.5) is 5.69 Å². The van der Waals surface area contributed by atoms with Gasteiger partial charge in [0.1, 0.15) is 0 Å². The second-order valence-corrected chi connectivity index (χ2v) is 8.73. The van der Waals surface area contributed by atoms with Gasteiger partial charge in [-0.05, 0) is 58.1 Å². The van der Waals surface area contributed by atoms with Crippen LogP contribution in [0.25, 0.3) is 0 Å². The molecule has 0 N–H and O–H groups in total. The predicted molar refractivity (Wildman–Crippen MR) is 122 cm³/mol. The number of amides is 1. The lowest BCUT2D eigenvalue weighted by Crippen LogP contribution is -2.60. The van der Waals surface area contributed by atoms with Crippen molar-refractivity contribution in [2.24, 2.45) is 0 Å². The Morgan fingerprint density at radius 2 is 1.52 bits per heavy atom. The first-order chi connectivity index (χ1) is 14.0. The lowest BCUT2D eigenvalue weighted by molar-refractivity contribution is -0.944. The van der Waals surface area contributed by atoms with Crippen molar-refractivity contribution < 1.29 is 9.28 Å². The van der Waals surface area contributed by atoms with E-state index in [-0.39, 0.29) is 6.04 Å². The van der Waals surface area contributed by atoms with Gasteiger partial charge in [0.25, 0.3) is 5.91 Å². The Hall–Kier alpha value is -2.13. The summed E-state index contributed by atoms with van der Waals surface area (Å²) in [6.07, 6.45) is 4.91. The van der Waals surface area contributed by atoms with Crippen molar-refractivity contribution in [1.29, 1.82) is 0 Å². The number of nitrogens with zero attached hydrogens (tertiary/aromatic N) is 2. The number of piperidine rings is 1. The molecule has 1 atom stereocenters. The Balaban J connectivity index is 0.000000290. The second-order valence-electron chi connectivity index (χ2n) is 8.73. The van der Waals surface area contributed by atoms with E-state index in [0.717, 1.165) is 29.7 Å². The third kappa shape index (κ3) is 4.72. The molecule has 1 amide bonds. The summed E-state index contributed by atoms with van der Waals surface area (Å²) < 4.78 is 1.03. The topological polar surface area (TPSA) is 20.3 Å². The van der Waals surface area contributed by atoms with Crippen molar-refractivity contribution in [3.8, 4) is 0 Å². The van der Waals surface area contributed by atoms with Gasteiger partial charge in [-0.2, -0.15) is 0 Å². The van der Waals surface area contributed by atoms with Crippen molar-refractivity contribution in [1.82, 2.24) is 0 Å². The van der Waals surface area contributed by atoms with E-state index in [1.54, 1.807) is 0 Å². The fourth-order valence-electron chi connectivity index (χ4n) is 5.15. The van der Waals surface area contributed by atoms with Crippen LogP contribution in [0.2, 0.25) is 0 Å². The molecular formula is C26H37N2O+. The van der Waals surface area contributed by atoms with E-state index in [1.807, 2.05) is 18.2 Å². The molecule has 2 aliphatic heterocycles. The van der Waals surface area contributed by atoms with Gasteiger partial charge in [-0.3, -0.25) is 4.79 Å². The number of hydrogen-bond donors (Lipinski definition) is 0. The summed E-state index contributed by atoms with van der Waals surface area (Å²) in [4.78, 5) is 15.3. The number of carbonyl (C=O) groups is 1. The molecule has 2 aromatic carbocycles. The van der Waals surface area contributed by atoms with Gasteiger partial charge < -0.3 is 9.38 Å². The van der Waals surface area contributed by atoms with Crippen LogP contribution in [0.5, 0.6) is 0 Å². The van der Waals surface area contributed by atoms with E-state index in [1.165, 1.54) is 49.0 Å². The summed E-state index contributed by atoms with van der Waals surface area (Å²) in [6, 6.07) is 16.8. The molecular weight excluding hydrogens is 356 g/mol. The van der Waals surface area contributed by atoms with Crippen LogP contribution in [-0.2, 0) is 4.79 Å². The Morgan fingerprint density at radius 1 is 0.897 bits per heavy atom. The Bertz CT molecular complexity index is 788. The van der Waals surface area contributed by atoms with Crippen molar-refractivity contribution in [2.75, 3.05) is 31.1 Å². The molecule has 0 spiro atoms. The summed E-state index contributed by atoms with van der Waals surface area (Å²) in [7, 11) is 0. The molecule has 0 aromatic heterocycles. The van der Waals surface area contributed by atoms with Crippen molar-refractivity contribution in [3.05, 3.63) is 65.2 Å². The maximum Gasteiger partial charge on any atom is 0.285 e. The summed E-state index contributed by atoms with van der Waals surface area (Å²) in [5.41, 5.74) is 4.91. The van der Waals surface area contributed by atoms with Gasteiger partial charge in [-0.15, -0.1) is 0 Å². The number of likely N-dealkylation sites (tertiary alicyclic amines) is 1. The normalized spacial score (nSPS) is 20.9. The molecule has 0 aliphatic carbocycles. The molecule has 1 unspecified atom stereocenters. The first-order valence-corrected chi connectivity index (χ1v) is 11.2. The fraction of sp³-hybridized carbons (Fsp3) is 0.500.